The largest absolute Gasteiger partial charge is 0.493 e. The number of amides is 2. The fourth-order valence-corrected chi connectivity index (χ4v) is 3.55. The second-order valence-corrected chi connectivity index (χ2v) is 7.29. The number of carbonyl (C=O) groups excluding carboxylic acids is 2. The second-order valence-electron chi connectivity index (χ2n) is 7.29. The van der Waals surface area contributed by atoms with E-state index in [1.54, 1.807) is 18.2 Å². The third kappa shape index (κ3) is 5.07. The van der Waals surface area contributed by atoms with Crippen molar-refractivity contribution >= 4 is 23.6 Å². The molecule has 2 aromatic rings. The summed E-state index contributed by atoms with van der Waals surface area (Å²) in [5, 5.41) is 21.5. The summed E-state index contributed by atoms with van der Waals surface area (Å²) in [5.74, 6) is 0.0606. The maximum atomic E-state index is 12.9. The van der Waals surface area contributed by atoms with Gasteiger partial charge in [0.05, 0.1) is 26.3 Å². The Morgan fingerprint density at radius 1 is 1.12 bits per heavy atom. The summed E-state index contributed by atoms with van der Waals surface area (Å²) in [7, 11) is 4.44. The van der Waals surface area contributed by atoms with Gasteiger partial charge in [-0.15, -0.1) is 0 Å². The predicted octanol–water partition coefficient (Wildman–Crippen LogP) is 3.05. The van der Waals surface area contributed by atoms with E-state index in [-0.39, 0.29) is 17.8 Å². The summed E-state index contributed by atoms with van der Waals surface area (Å²) < 4.78 is 15.9. The molecule has 1 aliphatic heterocycles. The molecule has 10 heteroatoms. The number of nitro benzene ring substituents is 1. The summed E-state index contributed by atoms with van der Waals surface area (Å²) in [5.41, 5.74) is 0.810. The van der Waals surface area contributed by atoms with Crippen LogP contribution in [-0.2, 0) is 9.59 Å². The molecule has 1 unspecified atom stereocenters. The van der Waals surface area contributed by atoms with Gasteiger partial charge in [0.25, 0.3) is 17.5 Å². The Balaban J connectivity index is 1.77. The molecule has 10 nitrogen and oxygen atoms in total. The number of aliphatic hydroxyl groups is 1. The first-order valence-corrected chi connectivity index (χ1v) is 10.3. The molecule has 0 saturated carbocycles. The fourth-order valence-electron chi connectivity index (χ4n) is 3.55. The summed E-state index contributed by atoms with van der Waals surface area (Å²) in [6.45, 7) is 0.160. The zero-order valence-electron chi connectivity index (χ0n) is 18.9. The summed E-state index contributed by atoms with van der Waals surface area (Å²) in [6, 6.07) is 8.56. The zero-order chi connectivity index (χ0) is 24.8. The topological polar surface area (TPSA) is 128 Å². The Labute approximate surface area is 195 Å². The number of aliphatic hydroxyl groups excluding tert-OH is 1. The molecule has 0 saturated heterocycles. The van der Waals surface area contributed by atoms with Crippen molar-refractivity contribution in [3.63, 3.8) is 0 Å². The molecule has 2 aromatic carbocycles. The van der Waals surface area contributed by atoms with Crippen molar-refractivity contribution in [3.8, 4) is 17.2 Å². The molecule has 3 rings (SSSR count). The third-order valence-corrected chi connectivity index (χ3v) is 5.29. The molecule has 0 aromatic heterocycles. The molecule has 0 aliphatic carbocycles. The lowest BCUT2D eigenvalue weighted by Gasteiger charge is -2.26. The molecule has 0 spiro atoms. The number of rotatable bonds is 8. The van der Waals surface area contributed by atoms with Gasteiger partial charge in [-0.25, -0.2) is 0 Å². The molecule has 178 valence electrons. The van der Waals surface area contributed by atoms with Crippen LogP contribution >= 0.6 is 0 Å². The van der Waals surface area contributed by atoms with Crippen molar-refractivity contribution in [2.75, 3.05) is 27.9 Å². The smallest absolute Gasteiger partial charge is 0.269 e. The average molecular weight is 468 g/mol. The summed E-state index contributed by atoms with van der Waals surface area (Å²) in [4.78, 5) is 37.0. The highest BCUT2D eigenvalue weighted by Gasteiger charge is 2.31. The van der Waals surface area contributed by atoms with Crippen molar-refractivity contribution in [2.24, 2.45) is 0 Å². The van der Waals surface area contributed by atoms with Crippen molar-refractivity contribution < 1.29 is 33.8 Å². The quantitative estimate of drug-likeness (QED) is 0.356. The molecule has 34 heavy (non-hydrogen) atoms. The van der Waals surface area contributed by atoms with Crippen LogP contribution in [0.3, 0.4) is 0 Å². The first-order chi connectivity index (χ1) is 16.3. The third-order valence-electron chi connectivity index (χ3n) is 5.29. The van der Waals surface area contributed by atoms with Gasteiger partial charge in [0.2, 0.25) is 5.75 Å². The van der Waals surface area contributed by atoms with Crippen LogP contribution in [0.5, 0.6) is 17.2 Å². The zero-order valence-corrected chi connectivity index (χ0v) is 18.9. The molecule has 1 N–H and O–H groups in total. The highest BCUT2D eigenvalue weighted by atomic mass is 16.6. The molecule has 0 radical (unpaired) electrons. The predicted molar refractivity (Wildman–Crippen MR) is 123 cm³/mol. The monoisotopic (exact) mass is 468 g/mol. The van der Waals surface area contributed by atoms with Gasteiger partial charge in [-0.3, -0.25) is 24.6 Å². The minimum absolute atomic E-state index is 0.0367. The number of methoxy groups -OCH3 is 3. The maximum Gasteiger partial charge on any atom is 0.269 e. The van der Waals surface area contributed by atoms with Gasteiger partial charge in [-0.1, -0.05) is 6.08 Å². The standard InChI is InChI=1S/C24H24N2O8/c1-32-19-13-15(14-20(33-2)23(19)34-3)6-11-21(27)25-12-4-5-18(24(25)29)22(28)16-7-9-17(10-8-16)26(30)31/h5-11,13-14,22,28H,4,12H2,1-3H3/b11-6+. The number of hydrogen-bond donors (Lipinski definition) is 1. The number of ether oxygens (including phenoxy) is 3. The number of hydrogen-bond acceptors (Lipinski definition) is 8. The Bertz CT molecular complexity index is 1130. The molecule has 0 bridgehead atoms. The number of nitrogens with zero attached hydrogens (tertiary/aromatic N) is 2. The molecular weight excluding hydrogens is 444 g/mol. The van der Waals surface area contributed by atoms with Crippen LogP contribution in [-0.4, -0.2) is 54.6 Å². The SMILES string of the molecule is COc1cc(/C=C/C(=O)N2CCC=C(C(O)c3ccc([N+](=O)[O-])cc3)C2=O)cc(OC)c1OC. The number of benzene rings is 2. The van der Waals surface area contributed by atoms with Gasteiger partial charge in [-0.2, -0.15) is 0 Å². The van der Waals surface area contributed by atoms with E-state index in [4.69, 9.17) is 14.2 Å². The minimum Gasteiger partial charge on any atom is -0.493 e. The molecule has 1 heterocycles. The Hall–Kier alpha value is -4.18. The Morgan fingerprint density at radius 3 is 2.26 bits per heavy atom. The van der Waals surface area contributed by atoms with Gasteiger partial charge >= 0.3 is 0 Å². The number of nitro groups is 1. The van der Waals surface area contributed by atoms with Crippen LogP contribution in [0.2, 0.25) is 0 Å². The number of non-ortho nitro benzene ring substituents is 1. The van der Waals surface area contributed by atoms with E-state index < -0.39 is 22.8 Å². The minimum atomic E-state index is -1.32. The first-order valence-electron chi connectivity index (χ1n) is 10.3. The Morgan fingerprint density at radius 2 is 1.74 bits per heavy atom. The van der Waals surface area contributed by atoms with Crippen LogP contribution in [0, 0.1) is 10.1 Å². The van der Waals surface area contributed by atoms with Crippen molar-refractivity contribution in [3.05, 3.63) is 75.4 Å². The van der Waals surface area contributed by atoms with E-state index in [0.717, 1.165) is 4.90 Å². The van der Waals surface area contributed by atoms with Crippen LogP contribution in [0.1, 0.15) is 23.7 Å². The van der Waals surface area contributed by atoms with Crippen molar-refractivity contribution in [2.45, 2.75) is 12.5 Å². The van der Waals surface area contributed by atoms with Crippen LogP contribution in [0.25, 0.3) is 6.08 Å². The van der Waals surface area contributed by atoms with E-state index in [1.165, 1.54) is 57.7 Å². The normalized spacial score (nSPS) is 14.5. The second kappa shape index (κ2) is 10.6. The lowest BCUT2D eigenvalue weighted by atomic mass is 9.97. The van der Waals surface area contributed by atoms with Gasteiger partial charge < -0.3 is 19.3 Å². The molecule has 1 atom stereocenters. The lowest BCUT2D eigenvalue weighted by Crippen LogP contribution is -2.41. The first kappa shape index (κ1) is 24.5. The van der Waals surface area contributed by atoms with Crippen molar-refractivity contribution in [1.29, 1.82) is 0 Å². The summed E-state index contributed by atoms with van der Waals surface area (Å²) in [6.07, 6.45) is 3.39. The van der Waals surface area contributed by atoms with E-state index >= 15 is 0 Å². The Kier molecular flexibility index (Phi) is 7.64. The highest BCUT2D eigenvalue weighted by Crippen LogP contribution is 2.38. The van der Waals surface area contributed by atoms with Gasteiger partial charge in [-0.05, 0) is 47.9 Å². The lowest BCUT2D eigenvalue weighted by molar-refractivity contribution is -0.384. The summed E-state index contributed by atoms with van der Waals surface area (Å²) >= 11 is 0. The van der Waals surface area contributed by atoms with Crippen LogP contribution in [0.15, 0.2) is 54.1 Å². The highest BCUT2D eigenvalue weighted by molar-refractivity contribution is 6.09. The van der Waals surface area contributed by atoms with E-state index in [2.05, 4.69) is 0 Å². The van der Waals surface area contributed by atoms with Gasteiger partial charge in [0.15, 0.2) is 11.5 Å². The van der Waals surface area contributed by atoms with E-state index in [1.807, 2.05) is 0 Å². The van der Waals surface area contributed by atoms with Gasteiger partial charge in [0, 0.05) is 30.3 Å². The maximum absolute atomic E-state index is 12.9. The van der Waals surface area contributed by atoms with E-state index in [0.29, 0.717) is 34.8 Å². The van der Waals surface area contributed by atoms with Crippen LogP contribution < -0.4 is 14.2 Å². The number of imide groups is 1. The van der Waals surface area contributed by atoms with Crippen LogP contribution in [0.4, 0.5) is 5.69 Å². The molecule has 0 fully saturated rings. The molecule has 1 aliphatic rings. The number of carbonyl (C=O) groups is 2. The van der Waals surface area contributed by atoms with Crippen molar-refractivity contribution in [1.82, 2.24) is 4.90 Å². The molecule has 2 amide bonds. The molecular formula is C24H24N2O8. The van der Waals surface area contributed by atoms with Gasteiger partial charge in [0.1, 0.15) is 6.10 Å². The average Bonchev–Trinajstić information content (AvgIpc) is 2.86. The fraction of sp³-hybridized carbons (Fsp3) is 0.250. The van der Waals surface area contributed by atoms with E-state index in [9.17, 15) is 24.8 Å².